The summed E-state index contributed by atoms with van der Waals surface area (Å²) in [5, 5.41) is 0. The first-order chi connectivity index (χ1) is 4.41. The third kappa shape index (κ3) is 8.18. The van der Waals surface area contributed by atoms with Crippen molar-refractivity contribution in [3.63, 3.8) is 0 Å². The normalized spacial score (nSPS) is 16.9. The van der Waals surface area contributed by atoms with Gasteiger partial charge in [0.05, 0.1) is 0 Å². The summed E-state index contributed by atoms with van der Waals surface area (Å²) in [6.45, 7) is 0. The Bertz CT molecular complexity index is 71.5. The molecule has 0 atom stereocenters. The molecule has 1 rings (SSSR count). The third-order valence-electron chi connectivity index (χ3n) is 1.50. The predicted molar refractivity (Wildman–Crippen MR) is 29.1 cm³/mol. The molecular formula is C6H12O2V. The molecule has 0 aromatic heterocycles. The van der Waals surface area contributed by atoms with Gasteiger partial charge in [-0.1, -0.05) is 38.5 Å². The molecule has 1 aliphatic rings. The van der Waals surface area contributed by atoms with E-state index in [1.807, 2.05) is 0 Å². The number of hydrogen-bond acceptors (Lipinski definition) is 2. The monoisotopic (exact) mass is 167 g/mol. The van der Waals surface area contributed by atoms with Crippen LogP contribution in [0.3, 0.4) is 0 Å². The van der Waals surface area contributed by atoms with Gasteiger partial charge in [-0.05, 0) is 0 Å². The Morgan fingerprint density at radius 1 is 0.667 bits per heavy atom. The zero-order valence-corrected chi connectivity index (χ0v) is 6.90. The van der Waals surface area contributed by atoms with Crippen molar-refractivity contribution in [3.05, 3.63) is 0 Å². The fourth-order valence-electron chi connectivity index (χ4n) is 1.06. The van der Waals surface area contributed by atoms with E-state index in [0.29, 0.717) is 0 Å². The quantitative estimate of drug-likeness (QED) is 0.553. The van der Waals surface area contributed by atoms with Crippen molar-refractivity contribution in [2.75, 3.05) is 0 Å². The summed E-state index contributed by atoms with van der Waals surface area (Å²) in [4.78, 5) is 0. The van der Waals surface area contributed by atoms with Crippen LogP contribution in [0.25, 0.3) is 0 Å². The van der Waals surface area contributed by atoms with E-state index in [0.717, 1.165) is 0 Å². The van der Waals surface area contributed by atoms with Crippen LogP contribution in [0.15, 0.2) is 0 Å². The Hall–Kier alpha value is 0.184. The van der Waals surface area contributed by atoms with Crippen molar-refractivity contribution in [2.45, 2.75) is 38.5 Å². The molecular weight excluding hydrogens is 155 g/mol. The summed E-state index contributed by atoms with van der Waals surface area (Å²) < 4.78 is 16.9. The van der Waals surface area contributed by atoms with Crippen LogP contribution in [0.1, 0.15) is 38.5 Å². The van der Waals surface area contributed by atoms with Crippen molar-refractivity contribution >= 4 is 0 Å². The molecule has 1 fully saturated rings. The number of hydrogen-bond donors (Lipinski definition) is 0. The molecule has 0 amide bonds. The predicted octanol–water partition coefficient (Wildman–Crippen LogP) is 2.10. The van der Waals surface area contributed by atoms with Crippen molar-refractivity contribution in [2.24, 2.45) is 0 Å². The molecule has 0 heterocycles. The molecule has 0 radical (unpaired) electrons. The Balaban J connectivity index is 0.000000187. The molecule has 0 unspecified atom stereocenters. The molecule has 1 saturated carbocycles. The topological polar surface area (TPSA) is 34.1 Å². The summed E-state index contributed by atoms with van der Waals surface area (Å²) in [7, 11) is 0. The zero-order chi connectivity index (χ0) is 6.95. The van der Waals surface area contributed by atoms with Crippen LogP contribution in [-0.4, -0.2) is 0 Å². The van der Waals surface area contributed by atoms with Gasteiger partial charge < -0.3 is 0 Å². The average molecular weight is 167 g/mol. The van der Waals surface area contributed by atoms with Gasteiger partial charge in [0.25, 0.3) is 0 Å². The van der Waals surface area contributed by atoms with E-state index in [-0.39, 0.29) is 0 Å². The molecule has 0 aromatic carbocycles. The van der Waals surface area contributed by atoms with Crippen LogP contribution in [-0.2, 0) is 23.5 Å². The molecule has 53 valence electrons. The Labute approximate surface area is 62.6 Å². The summed E-state index contributed by atoms with van der Waals surface area (Å²) in [6.07, 6.45) is 9.00. The second-order valence-electron chi connectivity index (χ2n) is 2.20. The SMILES string of the molecule is C1CCCCC1.[O]=[V]=[O]. The van der Waals surface area contributed by atoms with Crippen molar-refractivity contribution in [3.8, 4) is 0 Å². The van der Waals surface area contributed by atoms with Crippen molar-refractivity contribution in [1.29, 1.82) is 0 Å². The number of rotatable bonds is 0. The molecule has 0 aliphatic heterocycles. The minimum atomic E-state index is -1.81. The van der Waals surface area contributed by atoms with Crippen LogP contribution in [0, 0.1) is 0 Å². The summed E-state index contributed by atoms with van der Waals surface area (Å²) >= 11 is -1.81. The third-order valence-corrected chi connectivity index (χ3v) is 1.50. The molecule has 2 nitrogen and oxygen atoms in total. The maximum absolute atomic E-state index is 8.47. The van der Waals surface area contributed by atoms with Gasteiger partial charge >= 0.3 is 23.5 Å². The van der Waals surface area contributed by atoms with Gasteiger partial charge in [-0.15, -0.1) is 0 Å². The van der Waals surface area contributed by atoms with E-state index in [2.05, 4.69) is 0 Å². The fraction of sp³-hybridized carbons (Fsp3) is 1.00. The minimum absolute atomic E-state index is 1.50. The van der Waals surface area contributed by atoms with Gasteiger partial charge in [-0.25, -0.2) is 0 Å². The summed E-state index contributed by atoms with van der Waals surface area (Å²) in [6, 6.07) is 0. The Morgan fingerprint density at radius 2 is 0.778 bits per heavy atom. The van der Waals surface area contributed by atoms with E-state index in [1.54, 1.807) is 0 Å². The first kappa shape index (κ1) is 9.18. The fourth-order valence-corrected chi connectivity index (χ4v) is 1.06. The van der Waals surface area contributed by atoms with Crippen LogP contribution in [0.2, 0.25) is 0 Å². The molecule has 1 aliphatic carbocycles. The van der Waals surface area contributed by atoms with E-state index in [9.17, 15) is 0 Å². The standard InChI is InChI=1S/C6H12.2O.V/c1-2-4-6-5-3-1;;;/h1-6H2;;;. The van der Waals surface area contributed by atoms with Gasteiger partial charge in [0.2, 0.25) is 0 Å². The van der Waals surface area contributed by atoms with Crippen LogP contribution in [0.4, 0.5) is 0 Å². The van der Waals surface area contributed by atoms with E-state index in [1.165, 1.54) is 38.5 Å². The second kappa shape index (κ2) is 8.18. The van der Waals surface area contributed by atoms with Crippen LogP contribution in [0.5, 0.6) is 0 Å². The summed E-state index contributed by atoms with van der Waals surface area (Å²) in [5.41, 5.74) is 0. The van der Waals surface area contributed by atoms with Gasteiger partial charge in [-0.2, -0.15) is 0 Å². The molecule has 0 N–H and O–H groups in total. The Kier molecular flexibility index (Phi) is 8.35. The maximum atomic E-state index is 8.47. The van der Waals surface area contributed by atoms with Gasteiger partial charge in [0.1, 0.15) is 0 Å². The first-order valence-corrected chi connectivity index (χ1v) is 4.51. The molecule has 3 heteroatoms. The molecule has 9 heavy (non-hydrogen) atoms. The van der Waals surface area contributed by atoms with E-state index >= 15 is 0 Å². The molecule has 0 spiro atoms. The zero-order valence-electron chi connectivity index (χ0n) is 5.51. The van der Waals surface area contributed by atoms with Gasteiger partial charge in [0, 0.05) is 0 Å². The van der Waals surface area contributed by atoms with E-state index in [4.69, 9.17) is 7.35 Å². The Morgan fingerprint density at radius 3 is 0.889 bits per heavy atom. The van der Waals surface area contributed by atoms with Crippen molar-refractivity contribution < 1.29 is 23.5 Å². The van der Waals surface area contributed by atoms with E-state index < -0.39 is 16.2 Å². The summed E-state index contributed by atoms with van der Waals surface area (Å²) in [5.74, 6) is 0. The molecule has 0 bridgehead atoms. The van der Waals surface area contributed by atoms with Crippen molar-refractivity contribution in [1.82, 2.24) is 0 Å². The molecule has 0 saturated heterocycles. The van der Waals surface area contributed by atoms with Crippen LogP contribution >= 0.6 is 0 Å². The van der Waals surface area contributed by atoms with Gasteiger partial charge in [-0.3, -0.25) is 0 Å². The first-order valence-electron chi connectivity index (χ1n) is 3.37. The van der Waals surface area contributed by atoms with Crippen LogP contribution < -0.4 is 0 Å². The average Bonchev–Trinajstić information content (AvgIpc) is 1.93. The molecule has 0 aromatic rings. The van der Waals surface area contributed by atoms with Gasteiger partial charge in [0.15, 0.2) is 0 Å². The second-order valence-corrected chi connectivity index (χ2v) is 2.43.